The maximum absolute atomic E-state index is 12.4. The Bertz CT molecular complexity index is 650. The van der Waals surface area contributed by atoms with E-state index in [1.165, 1.54) is 17.2 Å². The van der Waals surface area contributed by atoms with Crippen LogP contribution in [0.4, 0.5) is 4.79 Å². The molecule has 1 fully saturated rings. The fourth-order valence-electron chi connectivity index (χ4n) is 2.87. The van der Waals surface area contributed by atoms with Gasteiger partial charge in [-0.25, -0.2) is 9.59 Å². The highest BCUT2D eigenvalue weighted by Crippen LogP contribution is 2.24. The number of hydrogen-bond donors (Lipinski definition) is 3. The molecule has 2 amide bonds. The van der Waals surface area contributed by atoms with E-state index in [1.807, 2.05) is 0 Å². The van der Waals surface area contributed by atoms with Crippen molar-refractivity contribution < 1.29 is 29.3 Å². The van der Waals surface area contributed by atoms with Gasteiger partial charge in [-0.15, -0.1) is 0 Å². The van der Waals surface area contributed by atoms with Crippen LogP contribution in [-0.4, -0.2) is 64.8 Å². The van der Waals surface area contributed by atoms with Crippen LogP contribution in [0, 0.1) is 0 Å². The molecule has 0 aromatic heterocycles. The maximum atomic E-state index is 12.4. The molecule has 0 spiro atoms. The summed E-state index contributed by atoms with van der Waals surface area (Å²) in [5.74, 6) is -0.504. The molecule has 134 valence electrons. The Morgan fingerprint density at radius 3 is 2.80 bits per heavy atom. The van der Waals surface area contributed by atoms with E-state index < -0.39 is 36.5 Å². The molecule has 0 saturated carbocycles. The molecular formula is C17H20N2O6. The van der Waals surface area contributed by atoms with Gasteiger partial charge in [0.2, 0.25) is 0 Å². The van der Waals surface area contributed by atoms with Crippen LogP contribution in [-0.2, 0) is 9.47 Å². The van der Waals surface area contributed by atoms with Gasteiger partial charge in [-0.05, 0) is 18.2 Å². The van der Waals surface area contributed by atoms with Crippen molar-refractivity contribution in [3.63, 3.8) is 0 Å². The Morgan fingerprint density at radius 1 is 1.36 bits per heavy atom. The van der Waals surface area contributed by atoms with Gasteiger partial charge < -0.3 is 25.0 Å². The Morgan fingerprint density at radius 2 is 2.12 bits per heavy atom. The number of urea groups is 1. The lowest BCUT2D eigenvalue weighted by molar-refractivity contribution is -0.104. The number of amides is 2. The van der Waals surface area contributed by atoms with Crippen molar-refractivity contribution in [3.8, 4) is 0 Å². The second-order valence-corrected chi connectivity index (χ2v) is 5.89. The number of esters is 1. The lowest BCUT2D eigenvalue weighted by atomic mass is 10.00. The molecule has 1 saturated heterocycles. The molecule has 0 radical (unpaired) electrons. The SMILES string of the molecule is O=C(OC1CC(CO)OCC1N1C=CC(O)NC1=O)c1ccccc1. The van der Waals surface area contributed by atoms with Crippen LogP contribution in [0.15, 0.2) is 42.6 Å². The summed E-state index contributed by atoms with van der Waals surface area (Å²) in [6, 6.07) is 7.48. The van der Waals surface area contributed by atoms with Gasteiger partial charge in [-0.1, -0.05) is 18.2 Å². The number of aliphatic hydroxyl groups excluding tert-OH is 2. The van der Waals surface area contributed by atoms with E-state index in [1.54, 1.807) is 30.3 Å². The van der Waals surface area contributed by atoms with Gasteiger partial charge >= 0.3 is 12.0 Å². The third kappa shape index (κ3) is 3.98. The van der Waals surface area contributed by atoms with Gasteiger partial charge in [0.15, 0.2) is 0 Å². The number of nitrogens with one attached hydrogen (secondary N) is 1. The van der Waals surface area contributed by atoms with E-state index in [4.69, 9.17) is 9.47 Å². The van der Waals surface area contributed by atoms with E-state index in [2.05, 4.69) is 5.32 Å². The lowest BCUT2D eigenvalue weighted by Crippen LogP contribution is -2.58. The number of carbonyl (C=O) groups is 2. The minimum atomic E-state index is -1.05. The van der Waals surface area contributed by atoms with E-state index in [0.717, 1.165) is 0 Å². The molecule has 0 aliphatic carbocycles. The zero-order valence-electron chi connectivity index (χ0n) is 13.4. The average molecular weight is 348 g/mol. The number of hydrogen-bond acceptors (Lipinski definition) is 6. The Labute approximate surface area is 144 Å². The molecule has 2 heterocycles. The monoisotopic (exact) mass is 348 g/mol. The van der Waals surface area contributed by atoms with Crippen molar-refractivity contribution in [1.29, 1.82) is 0 Å². The molecule has 3 N–H and O–H groups in total. The van der Waals surface area contributed by atoms with Gasteiger partial charge in [0.1, 0.15) is 12.3 Å². The van der Waals surface area contributed by atoms with Crippen LogP contribution in [0.2, 0.25) is 0 Å². The van der Waals surface area contributed by atoms with Crippen molar-refractivity contribution in [2.75, 3.05) is 13.2 Å². The molecule has 4 atom stereocenters. The van der Waals surface area contributed by atoms with Crippen molar-refractivity contribution in [1.82, 2.24) is 10.2 Å². The molecular weight excluding hydrogens is 328 g/mol. The molecule has 2 aliphatic heterocycles. The van der Waals surface area contributed by atoms with Crippen molar-refractivity contribution >= 4 is 12.0 Å². The Hall–Kier alpha value is -2.42. The van der Waals surface area contributed by atoms with E-state index in [0.29, 0.717) is 5.56 Å². The molecule has 0 bridgehead atoms. The summed E-state index contributed by atoms with van der Waals surface area (Å²) in [5.41, 5.74) is 0.405. The second kappa shape index (κ2) is 7.64. The Balaban J connectivity index is 1.77. The average Bonchev–Trinajstić information content (AvgIpc) is 2.63. The van der Waals surface area contributed by atoms with Gasteiger partial charge in [0.25, 0.3) is 0 Å². The van der Waals surface area contributed by atoms with Gasteiger partial charge in [-0.2, -0.15) is 0 Å². The second-order valence-electron chi connectivity index (χ2n) is 5.89. The van der Waals surface area contributed by atoms with E-state index in [9.17, 15) is 19.8 Å². The summed E-state index contributed by atoms with van der Waals surface area (Å²) in [7, 11) is 0. The molecule has 8 nitrogen and oxygen atoms in total. The van der Waals surface area contributed by atoms with Crippen LogP contribution in [0.3, 0.4) is 0 Å². The highest BCUT2D eigenvalue weighted by molar-refractivity contribution is 5.89. The normalized spacial score (nSPS) is 29.2. The standard InChI is InChI=1S/C17H20N2O6/c20-9-12-8-14(25-16(22)11-4-2-1-3-5-11)13(10-24-12)19-7-6-15(21)18-17(19)23/h1-7,12-15,20-21H,8-10H2,(H,18,23). The molecule has 3 rings (SSSR count). The molecule has 8 heteroatoms. The first-order chi connectivity index (χ1) is 12.1. The van der Waals surface area contributed by atoms with Gasteiger partial charge in [-0.3, -0.25) is 4.90 Å². The smallest absolute Gasteiger partial charge is 0.338 e. The summed E-state index contributed by atoms with van der Waals surface area (Å²) in [6.45, 7) is -0.0985. The van der Waals surface area contributed by atoms with Crippen molar-refractivity contribution in [2.45, 2.75) is 30.9 Å². The first-order valence-corrected chi connectivity index (χ1v) is 8.02. The Kier molecular flexibility index (Phi) is 5.32. The number of aliphatic hydroxyl groups is 2. The highest BCUT2D eigenvalue weighted by Gasteiger charge is 2.40. The zero-order chi connectivity index (χ0) is 17.8. The number of benzene rings is 1. The van der Waals surface area contributed by atoms with Crippen molar-refractivity contribution in [3.05, 3.63) is 48.2 Å². The summed E-state index contributed by atoms with van der Waals surface area (Å²) < 4.78 is 11.1. The number of nitrogens with zero attached hydrogens (tertiary/aromatic N) is 1. The molecule has 4 unspecified atom stereocenters. The largest absolute Gasteiger partial charge is 0.456 e. The maximum Gasteiger partial charge on any atom is 0.338 e. The van der Waals surface area contributed by atoms with Gasteiger partial charge in [0.05, 0.1) is 30.9 Å². The van der Waals surface area contributed by atoms with E-state index in [-0.39, 0.29) is 19.6 Å². The third-order valence-corrected chi connectivity index (χ3v) is 4.19. The molecule has 25 heavy (non-hydrogen) atoms. The van der Waals surface area contributed by atoms with Crippen LogP contribution in [0.5, 0.6) is 0 Å². The first-order valence-electron chi connectivity index (χ1n) is 8.02. The number of carbonyl (C=O) groups excluding carboxylic acids is 2. The summed E-state index contributed by atoms with van der Waals surface area (Å²) in [5, 5.41) is 21.1. The molecule has 1 aromatic rings. The lowest BCUT2D eigenvalue weighted by Gasteiger charge is -2.41. The number of rotatable bonds is 4. The molecule has 1 aromatic carbocycles. The van der Waals surface area contributed by atoms with Gasteiger partial charge in [0, 0.05) is 12.6 Å². The molecule has 2 aliphatic rings. The highest BCUT2D eigenvalue weighted by atomic mass is 16.6. The van der Waals surface area contributed by atoms with Crippen LogP contribution < -0.4 is 5.32 Å². The predicted molar refractivity (Wildman–Crippen MR) is 86.4 cm³/mol. The van der Waals surface area contributed by atoms with Crippen molar-refractivity contribution in [2.24, 2.45) is 0 Å². The topological polar surface area (TPSA) is 108 Å². The van der Waals surface area contributed by atoms with Crippen LogP contribution in [0.1, 0.15) is 16.8 Å². The zero-order valence-corrected chi connectivity index (χ0v) is 13.4. The summed E-state index contributed by atoms with van der Waals surface area (Å²) >= 11 is 0. The minimum absolute atomic E-state index is 0.103. The minimum Gasteiger partial charge on any atom is -0.456 e. The number of ether oxygens (including phenoxy) is 2. The summed E-state index contributed by atoms with van der Waals surface area (Å²) in [4.78, 5) is 25.8. The fraction of sp³-hybridized carbons (Fsp3) is 0.412. The third-order valence-electron chi connectivity index (χ3n) is 4.19. The van der Waals surface area contributed by atoms with Crippen LogP contribution in [0.25, 0.3) is 0 Å². The van der Waals surface area contributed by atoms with Crippen LogP contribution >= 0.6 is 0 Å². The fourth-order valence-corrected chi connectivity index (χ4v) is 2.87. The quantitative estimate of drug-likeness (QED) is 0.672. The van der Waals surface area contributed by atoms with E-state index >= 15 is 0 Å². The summed E-state index contributed by atoms with van der Waals surface area (Å²) in [6.07, 6.45) is 0.954. The predicted octanol–water partition coefficient (Wildman–Crippen LogP) is 0.219. The first kappa shape index (κ1) is 17.4.